The highest BCUT2D eigenvalue weighted by atomic mass is 79.9. The molecule has 2 aromatic rings. The number of fused-ring (bicyclic) bond motifs is 1. The molecule has 1 aromatic carbocycles. The Labute approximate surface area is 132 Å². The van der Waals surface area contributed by atoms with Gasteiger partial charge in [0.15, 0.2) is 17.1 Å². The van der Waals surface area contributed by atoms with Crippen molar-refractivity contribution in [2.24, 2.45) is 0 Å². The number of hydrogen-bond donors (Lipinski definition) is 1. The van der Waals surface area contributed by atoms with Gasteiger partial charge in [-0.3, -0.25) is 4.57 Å². The van der Waals surface area contributed by atoms with Crippen LogP contribution in [-0.2, 0) is 4.74 Å². The zero-order valence-corrected chi connectivity index (χ0v) is 13.3. The van der Waals surface area contributed by atoms with Crippen molar-refractivity contribution in [1.29, 1.82) is 0 Å². The molecule has 1 saturated heterocycles. The Kier molecular flexibility index (Phi) is 3.71. The van der Waals surface area contributed by atoms with Gasteiger partial charge < -0.3 is 9.84 Å². The van der Waals surface area contributed by atoms with Gasteiger partial charge >= 0.3 is 0 Å². The number of ether oxygens (including phenoxy) is 1. The van der Waals surface area contributed by atoms with E-state index in [-0.39, 0.29) is 0 Å². The Morgan fingerprint density at radius 1 is 1.40 bits per heavy atom. The average Bonchev–Trinajstić information content (AvgIpc) is 2.81. The van der Waals surface area contributed by atoms with Crippen LogP contribution in [0, 0.1) is 0 Å². The lowest BCUT2D eigenvalue weighted by atomic mass is 10.2. The zero-order valence-electron chi connectivity index (χ0n) is 10.2. The van der Waals surface area contributed by atoms with Crippen LogP contribution in [-0.4, -0.2) is 33.0 Å². The van der Waals surface area contributed by atoms with Crippen molar-refractivity contribution in [1.82, 2.24) is 9.55 Å². The normalized spacial score (nSPS) is 30.3. The second-order valence-corrected chi connectivity index (χ2v) is 6.20. The van der Waals surface area contributed by atoms with Gasteiger partial charge in [0, 0.05) is 0 Å². The molecule has 4 atom stereocenters. The number of alkyl halides is 1. The van der Waals surface area contributed by atoms with Crippen LogP contribution in [0.4, 0.5) is 4.39 Å². The minimum Gasteiger partial charge on any atom is -0.387 e. The lowest BCUT2D eigenvalue weighted by Gasteiger charge is -2.17. The van der Waals surface area contributed by atoms with Crippen LogP contribution in [0.2, 0.25) is 10.0 Å². The SMILES string of the molecule is C[C@H]1O[C@@H](n2c(Br)nc3cc(Cl)c(Cl)cc32)[C@H](F)[C@@H]1O. The van der Waals surface area contributed by atoms with Crippen LogP contribution in [0.5, 0.6) is 0 Å². The predicted octanol–water partition coefficient (Wildman–Crippen LogP) is 3.72. The summed E-state index contributed by atoms with van der Waals surface area (Å²) in [5.74, 6) is 0. The maximum absolute atomic E-state index is 14.2. The predicted molar refractivity (Wildman–Crippen MR) is 77.9 cm³/mol. The molecule has 1 N–H and O–H groups in total. The summed E-state index contributed by atoms with van der Waals surface area (Å²) in [6.07, 6.45) is -4.28. The number of benzene rings is 1. The first-order valence-electron chi connectivity index (χ1n) is 5.90. The standard InChI is InChI=1S/C12H10BrCl2FN2O2/c1-4-10(19)9(16)11(20-4)18-8-3-6(15)5(14)2-7(8)17-12(18)13/h2-4,9-11,19H,1H3/t4-,9-,10-,11-/m1/s1. The van der Waals surface area contributed by atoms with Gasteiger partial charge in [0.1, 0.15) is 6.10 Å². The quantitative estimate of drug-likeness (QED) is 0.816. The van der Waals surface area contributed by atoms with E-state index in [4.69, 9.17) is 27.9 Å². The third kappa shape index (κ3) is 2.14. The second-order valence-electron chi connectivity index (χ2n) is 4.67. The third-order valence-corrected chi connectivity index (χ3v) is 4.66. The van der Waals surface area contributed by atoms with E-state index in [2.05, 4.69) is 20.9 Å². The Morgan fingerprint density at radius 2 is 2.05 bits per heavy atom. The molecule has 1 fully saturated rings. The monoisotopic (exact) mass is 382 g/mol. The molecule has 8 heteroatoms. The van der Waals surface area contributed by atoms with E-state index in [9.17, 15) is 9.50 Å². The molecule has 2 heterocycles. The molecule has 20 heavy (non-hydrogen) atoms. The number of halogens is 4. The zero-order chi connectivity index (χ0) is 14.6. The molecule has 0 bridgehead atoms. The molecule has 0 unspecified atom stereocenters. The summed E-state index contributed by atoms with van der Waals surface area (Å²) in [7, 11) is 0. The number of rotatable bonds is 1. The Bertz CT molecular complexity index is 681. The van der Waals surface area contributed by atoms with E-state index in [1.807, 2.05) is 0 Å². The van der Waals surface area contributed by atoms with Crippen molar-refractivity contribution >= 4 is 50.2 Å². The first-order chi connectivity index (χ1) is 9.40. The van der Waals surface area contributed by atoms with Gasteiger partial charge in [0.25, 0.3) is 0 Å². The van der Waals surface area contributed by atoms with Crippen LogP contribution < -0.4 is 0 Å². The van der Waals surface area contributed by atoms with Crippen LogP contribution in [0.3, 0.4) is 0 Å². The number of aromatic nitrogens is 2. The lowest BCUT2D eigenvalue weighted by molar-refractivity contribution is -0.0147. The summed E-state index contributed by atoms with van der Waals surface area (Å²) in [4.78, 5) is 4.25. The van der Waals surface area contributed by atoms with E-state index < -0.39 is 24.6 Å². The van der Waals surface area contributed by atoms with Gasteiger partial charge in [-0.25, -0.2) is 9.37 Å². The molecular weight excluding hydrogens is 374 g/mol. The fourth-order valence-corrected chi connectivity index (χ4v) is 3.21. The van der Waals surface area contributed by atoms with Crippen molar-refractivity contribution < 1.29 is 14.2 Å². The minimum absolute atomic E-state index is 0.342. The van der Waals surface area contributed by atoms with Crippen molar-refractivity contribution in [2.45, 2.75) is 31.5 Å². The van der Waals surface area contributed by atoms with Gasteiger partial charge in [-0.1, -0.05) is 23.2 Å². The number of hydrogen-bond acceptors (Lipinski definition) is 3. The van der Waals surface area contributed by atoms with Crippen molar-refractivity contribution in [3.05, 3.63) is 26.9 Å². The van der Waals surface area contributed by atoms with Gasteiger partial charge in [0.2, 0.25) is 0 Å². The summed E-state index contributed by atoms with van der Waals surface area (Å²) >= 11 is 15.2. The molecule has 3 rings (SSSR count). The fraction of sp³-hybridized carbons (Fsp3) is 0.417. The highest BCUT2D eigenvalue weighted by Crippen LogP contribution is 2.38. The number of aliphatic hydroxyl groups excluding tert-OH is 1. The van der Waals surface area contributed by atoms with Gasteiger partial charge in [-0.2, -0.15) is 0 Å². The van der Waals surface area contributed by atoms with E-state index in [0.717, 1.165) is 0 Å². The summed E-state index contributed by atoms with van der Waals surface area (Å²) in [6, 6.07) is 3.20. The maximum atomic E-state index is 14.2. The van der Waals surface area contributed by atoms with E-state index >= 15 is 0 Å². The Hall–Kier alpha value is -0.400. The Balaban J connectivity index is 2.17. The molecule has 0 spiro atoms. The second kappa shape index (κ2) is 5.10. The maximum Gasteiger partial charge on any atom is 0.180 e. The molecule has 4 nitrogen and oxygen atoms in total. The molecular formula is C12H10BrCl2FN2O2. The molecule has 1 aliphatic rings. The number of imidazole rings is 1. The molecule has 0 radical (unpaired) electrons. The summed E-state index contributed by atoms with van der Waals surface area (Å²) in [5.41, 5.74) is 1.15. The molecule has 1 aliphatic heterocycles. The number of aliphatic hydroxyl groups is 1. The topological polar surface area (TPSA) is 47.3 Å². The number of nitrogens with zero attached hydrogens (tertiary/aromatic N) is 2. The molecule has 0 saturated carbocycles. The van der Waals surface area contributed by atoms with Gasteiger partial charge in [-0.05, 0) is 35.0 Å². The summed E-state index contributed by atoms with van der Waals surface area (Å²) < 4.78 is 21.6. The smallest absolute Gasteiger partial charge is 0.180 e. The Morgan fingerprint density at radius 3 is 2.65 bits per heavy atom. The fourth-order valence-electron chi connectivity index (χ4n) is 2.31. The third-order valence-electron chi connectivity index (χ3n) is 3.38. The lowest BCUT2D eigenvalue weighted by Crippen LogP contribution is -2.26. The minimum atomic E-state index is -1.55. The van der Waals surface area contributed by atoms with Crippen molar-refractivity contribution in [3.8, 4) is 0 Å². The van der Waals surface area contributed by atoms with Crippen molar-refractivity contribution in [3.63, 3.8) is 0 Å². The van der Waals surface area contributed by atoms with Crippen LogP contribution in [0.1, 0.15) is 13.2 Å². The highest BCUT2D eigenvalue weighted by molar-refractivity contribution is 9.10. The first kappa shape index (κ1) is 14.5. The van der Waals surface area contributed by atoms with Crippen LogP contribution >= 0.6 is 39.1 Å². The van der Waals surface area contributed by atoms with Crippen LogP contribution in [0.15, 0.2) is 16.9 Å². The van der Waals surface area contributed by atoms with E-state index in [0.29, 0.717) is 25.8 Å². The largest absolute Gasteiger partial charge is 0.387 e. The molecule has 0 aliphatic carbocycles. The van der Waals surface area contributed by atoms with E-state index in [1.54, 1.807) is 19.1 Å². The molecule has 0 amide bonds. The van der Waals surface area contributed by atoms with Crippen molar-refractivity contribution in [2.75, 3.05) is 0 Å². The van der Waals surface area contributed by atoms with Gasteiger partial charge in [0.05, 0.1) is 27.2 Å². The molecule has 108 valence electrons. The highest BCUT2D eigenvalue weighted by Gasteiger charge is 2.44. The van der Waals surface area contributed by atoms with Crippen LogP contribution in [0.25, 0.3) is 11.0 Å². The first-order valence-corrected chi connectivity index (χ1v) is 7.45. The van der Waals surface area contributed by atoms with Gasteiger partial charge in [-0.15, -0.1) is 0 Å². The molecule has 1 aromatic heterocycles. The summed E-state index contributed by atoms with van der Waals surface area (Å²) in [6.45, 7) is 1.62. The van der Waals surface area contributed by atoms with E-state index in [1.165, 1.54) is 4.57 Å². The summed E-state index contributed by atoms with van der Waals surface area (Å²) in [5, 5.41) is 10.4. The average molecular weight is 384 g/mol.